The van der Waals surface area contributed by atoms with Crippen molar-refractivity contribution in [2.45, 2.75) is 19.5 Å². The topological polar surface area (TPSA) is 79.9 Å². The molecule has 0 fully saturated rings. The van der Waals surface area contributed by atoms with Crippen molar-refractivity contribution < 1.29 is 19.1 Å². The molecule has 0 aliphatic carbocycles. The molecule has 0 saturated carbocycles. The summed E-state index contributed by atoms with van der Waals surface area (Å²) in [5.74, 6) is 0.495. The second kappa shape index (κ2) is 11.1. The van der Waals surface area contributed by atoms with Crippen LogP contribution in [0.3, 0.4) is 0 Å². The molecule has 2 N–H and O–H groups in total. The first kappa shape index (κ1) is 24.3. The molecule has 0 aromatic heterocycles. The Labute approximate surface area is 212 Å². The summed E-state index contributed by atoms with van der Waals surface area (Å²) in [6, 6.07) is 19.5. The zero-order chi connectivity index (χ0) is 24.8. The van der Waals surface area contributed by atoms with E-state index in [0.29, 0.717) is 47.1 Å². The highest BCUT2D eigenvalue weighted by Crippen LogP contribution is 2.37. The molecule has 1 aliphatic rings. The Balaban J connectivity index is 1.68. The van der Waals surface area contributed by atoms with Crippen LogP contribution in [0.2, 0.25) is 0 Å². The number of fused-ring (bicyclic) bond motifs is 1. The van der Waals surface area contributed by atoms with E-state index >= 15 is 0 Å². The highest BCUT2D eigenvalue weighted by molar-refractivity contribution is 9.10. The number of para-hydroxylation sites is 1. The summed E-state index contributed by atoms with van der Waals surface area (Å²) in [6.07, 6.45) is 1.79. The number of hydrogen-bond acceptors (Lipinski definition) is 5. The third-order valence-corrected chi connectivity index (χ3v) is 5.85. The van der Waals surface area contributed by atoms with E-state index in [1.54, 1.807) is 42.5 Å². The van der Waals surface area contributed by atoms with Gasteiger partial charge in [-0.15, -0.1) is 0 Å². The molecule has 0 saturated heterocycles. The van der Waals surface area contributed by atoms with Gasteiger partial charge in [0.2, 0.25) is 0 Å². The number of nitrogens with one attached hydrogen (secondary N) is 2. The van der Waals surface area contributed by atoms with Crippen LogP contribution < -0.4 is 20.2 Å². The molecule has 3 aromatic carbocycles. The van der Waals surface area contributed by atoms with Gasteiger partial charge in [-0.2, -0.15) is 0 Å². The number of anilines is 1. The lowest BCUT2D eigenvalue weighted by atomic mass is 10.0. The smallest absolute Gasteiger partial charge is 0.276 e. The fourth-order valence-electron chi connectivity index (χ4n) is 3.69. The molecule has 3 aromatic rings. The molecule has 7 nitrogen and oxygen atoms in total. The van der Waals surface area contributed by atoms with E-state index < -0.39 is 12.1 Å². The predicted octanol–water partition coefficient (Wildman–Crippen LogP) is 5.71. The molecule has 1 aliphatic heterocycles. The van der Waals surface area contributed by atoms with Crippen LogP contribution in [0.1, 0.15) is 45.8 Å². The van der Waals surface area contributed by atoms with Crippen molar-refractivity contribution >= 4 is 33.4 Å². The van der Waals surface area contributed by atoms with E-state index in [4.69, 9.17) is 9.47 Å². The lowest BCUT2D eigenvalue weighted by Crippen LogP contribution is -2.53. The van der Waals surface area contributed by atoms with Gasteiger partial charge in [-0.05, 0) is 61.0 Å². The molecule has 8 heteroatoms. The fourth-order valence-corrected chi connectivity index (χ4v) is 4.07. The molecule has 2 amide bonds. The van der Waals surface area contributed by atoms with Crippen LogP contribution in [0.25, 0.3) is 0 Å². The number of ether oxygens (including phenoxy) is 2. The minimum Gasteiger partial charge on any atom is -0.493 e. The maximum atomic E-state index is 13.5. The number of carbonyl (C=O) groups excluding carboxylic acids is 2. The molecule has 1 atom stereocenters. The van der Waals surface area contributed by atoms with E-state index in [1.807, 2.05) is 37.3 Å². The Hall–Kier alpha value is -3.78. The summed E-state index contributed by atoms with van der Waals surface area (Å²) in [7, 11) is 0. The predicted molar refractivity (Wildman–Crippen MR) is 139 cm³/mol. The highest BCUT2D eigenvalue weighted by atomic mass is 79.9. The van der Waals surface area contributed by atoms with Gasteiger partial charge in [0.05, 0.1) is 12.2 Å². The van der Waals surface area contributed by atoms with E-state index in [2.05, 4.69) is 33.3 Å². The van der Waals surface area contributed by atoms with Crippen LogP contribution in [0.15, 0.2) is 83.9 Å². The van der Waals surface area contributed by atoms with Gasteiger partial charge in [-0.3, -0.25) is 15.0 Å². The summed E-state index contributed by atoms with van der Waals surface area (Å²) in [6.45, 7) is 6.55. The number of nitrogens with zero attached hydrogens (tertiary/aromatic N) is 1. The van der Waals surface area contributed by atoms with Gasteiger partial charge in [-0.1, -0.05) is 47.6 Å². The van der Waals surface area contributed by atoms with Gasteiger partial charge in [0.15, 0.2) is 6.17 Å². The molecule has 0 unspecified atom stereocenters. The van der Waals surface area contributed by atoms with Crippen molar-refractivity contribution in [3.8, 4) is 11.5 Å². The minimum absolute atomic E-state index is 0.329. The summed E-state index contributed by atoms with van der Waals surface area (Å²) in [4.78, 5) is 26.7. The highest BCUT2D eigenvalue weighted by Gasteiger charge is 2.36. The molecule has 35 heavy (non-hydrogen) atoms. The van der Waals surface area contributed by atoms with Gasteiger partial charge in [-0.25, -0.2) is 5.01 Å². The quantitative estimate of drug-likeness (QED) is 0.343. The van der Waals surface area contributed by atoms with Crippen LogP contribution in [0.4, 0.5) is 5.69 Å². The molecule has 4 rings (SSSR count). The Morgan fingerprint density at radius 2 is 1.91 bits per heavy atom. The number of rotatable bonds is 9. The van der Waals surface area contributed by atoms with Gasteiger partial charge >= 0.3 is 0 Å². The van der Waals surface area contributed by atoms with Crippen LogP contribution in [-0.4, -0.2) is 30.0 Å². The summed E-state index contributed by atoms with van der Waals surface area (Å²) < 4.78 is 12.3. The Bertz CT molecular complexity index is 1230. The van der Waals surface area contributed by atoms with Crippen molar-refractivity contribution in [1.82, 2.24) is 10.4 Å². The van der Waals surface area contributed by atoms with Crippen LogP contribution in [0, 0.1) is 0 Å². The third-order valence-electron chi connectivity index (χ3n) is 5.36. The largest absolute Gasteiger partial charge is 0.493 e. The van der Waals surface area contributed by atoms with Crippen molar-refractivity contribution in [2.75, 3.05) is 18.5 Å². The average Bonchev–Trinajstić information content (AvgIpc) is 2.88. The molecule has 0 radical (unpaired) electrons. The number of carbonyl (C=O) groups is 2. The standard InChI is InChI=1S/C27H26BrN3O4/c1-3-15-34-20-12-9-18(10-13-20)26(32)30-31-25(29-23-8-6-5-7-21(23)27(31)33)22-17-19(28)11-14-24(22)35-16-4-2/h3,5-14,17,25,29H,1,4,15-16H2,2H3,(H,30,32)/t25-/m1/s1. The minimum atomic E-state index is -0.694. The molecular formula is C27H26BrN3O4. The van der Waals surface area contributed by atoms with Crippen LogP contribution >= 0.6 is 15.9 Å². The lowest BCUT2D eigenvalue weighted by molar-refractivity contribution is 0.0487. The van der Waals surface area contributed by atoms with E-state index in [9.17, 15) is 9.59 Å². The number of hydrazine groups is 1. The second-order valence-electron chi connectivity index (χ2n) is 7.86. The van der Waals surface area contributed by atoms with Crippen molar-refractivity contribution in [3.63, 3.8) is 0 Å². The fraction of sp³-hybridized carbons (Fsp3) is 0.185. The zero-order valence-electron chi connectivity index (χ0n) is 19.3. The zero-order valence-corrected chi connectivity index (χ0v) is 20.9. The average molecular weight is 536 g/mol. The maximum absolute atomic E-state index is 13.5. The second-order valence-corrected chi connectivity index (χ2v) is 8.78. The summed E-state index contributed by atoms with van der Waals surface area (Å²) >= 11 is 3.52. The van der Waals surface area contributed by atoms with E-state index in [0.717, 1.165) is 10.9 Å². The molecule has 180 valence electrons. The van der Waals surface area contributed by atoms with Gasteiger partial charge in [0.1, 0.15) is 18.1 Å². The van der Waals surface area contributed by atoms with Crippen molar-refractivity contribution in [1.29, 1.82) is 0 Å². The van der Waals surface area contributed by atoms with Gasteiger partial charge in [0.25, 0.3) is 11.8 Å². The van der Waals surface area contributed by atoms with Gasteiger partial charge in [0, 0.05) is 21.3 Å². The molecule has 0 spiro atoms. The van der Waals surface area contributed by atoms with Crippen molar-refractivity contribution in [3.05, 3.63) is 101 Å². The summed E-state index contributed by atoms with van der Waals surface area (Å²) in [5.41, 5.74) is 5.03. The number of benzene rings is 3. The molecule has 0 bridgehead atoms. The van der Waals surface area contributed by atoms with E-state index in [-0.39, 0.29) is 5.91 Å². The number of halogens is 1. The summed E-state index contributed by atoms with van der Waals surface area (Å²) in [5, 5.41) is 4.70. The Morgan fingerprint density at radius 1 is 1.14 bits per heavy atom. The first-order valence-corrected chi connectivity index (χ1v) is 12.1. The van der Waals surface area contributed by atoms with Crippen molar-refractivity contribution in [2.24, 2.45) is 0 Å². The van der Waals surface area contributed by atoms with Crippen LogP contribution in [-0.2, 0) is 0 Å². The van der Waals surface area contributed by atoms with Gasteiger partial charge < -0.3 is 14.8 Å². The molecular weight excluding hydrogens is 510 g/mol. The number of amides is 2. The molecule has 1 heterocycles. The maximum Gasteiger partial charge on any atom is 0.276 e. The van der Waals surface area contributed by atoms with E-state index in [1.165, 1.54) is 5.01 Å². The number of hydrogen-bond donors (Lipinski definition) is 2. The third kappa shape index (κ3) is 5.49. The first-order valence-electron chi connectivity index (χ1n) is 11.3. The Morgan fingerprint density at radius 3 is 2.66 bits per heavy atom. The Kier molecular flexibility index (Phi) is 7.72. The van der Waals surface area contributed by atoms with Crippen LogP contribution in [0.5, 0.6) is 11.5 Å². The normalized spacial score (nSPS) is 14.5. The SMILES string of the molecule is C=CCOc1ccc(C(=O)NN2C(=O)c3ccccc3N[C@H]2c2cc(Br)ccc2OCCC)cc1. The first-order chi connectivity index (χ1) is 17.0. The lowest BCUT2D eigenvalue weighted by Gasteiger charge is -2.38. The monoisotopic (exact) mass is 535 g/mol.